The molecule has 36 heavy (non-hydrogen) atoms. The molecule has 5 nitrogen and oxygen atoms in total. The van der Waals surface area contributed by atoms with E-state index in [1.165, 1.54) is 47.3 Å². The Balaban J connectivity index is 2.71. The van der Waals surface area contributed by atoms with Crippen molar-refractivity contribution in [3.05, 3.63) is 56.7 Å². The first-order valence-corrected chi connectivity index (χ1v) is 13.8. The van der Waals surface area contributed by atoms with E-state index in [1.807, 2.05) is 22.6 Å². The number of benzene rings is 1. The molecule has 3 N–H and O–H groups in total. The number of alkyl halides is 7. The highest BCUT2D eigenvalue weighted by Crippen LogP contribution is 2.56. The normalized spacial score (nSPS) is 23.9. The summed E-state index contributed by atoms with van der Waals surface area (Å²) in [6.45, 7) is 2.79. The maximum atomic E-state index is 14.9. The number of hydrogen-bond donors (Lipinski definition) is 2. The summed E-state index contributed by atoms with van der Waals surface area (Å²) in [5, 5.41) is 2.65. The summed E-state index contributed by atoms with van der Waals surface area (Å²) >= 11 is 3.32. The van der Waals surface area contributed by atoms with Gasteiger partial charge in [-0.1, -0.05) is 36.4 Å². The summed E-state index contributed by atoms with van der Waals surface area (Å²) < 4.78 is 94.8. The molecule has 1 aromatic carbocycles. The zero-order chi connectivity index (χ0) is 27.9. The summed E-state index contributed by atoms with van der Waals surface area (Å²) in [7, 11) is -1.25. The van der Waals surface area contributed by atoms with Gasteiger partial charge in [-0.25, -0.2) is 4.39 Å². The Morgan fingerprint density at radius 2 is 1.83 bits per heavy atom. The first kappa shape index (κ1) is 30.8. The number of aryl methyl sites for hydroxylation is 1. The third kappa shape index (κ3) is 5.54. The fraction of sp³-hybridized carbons (Fsp3) is 0.455. The summed E-state index contributed by atoms with van der Waals surface area (Å²) in [6.07, 6.45) is -0.305. The van der Waals surface area contributed by atoms with Crippen molar-refractivity contribution >= 4 is 61.1 Å². The fourth-order valence-corrected chi connectivity index (χ4v) is 6.41. The van der Waals surface area contributed by atoms with E-state index in [0.717, 1.165) is 6.07 Å². The molecular weight excluding hydrogens is 693 g/mol. The molecule has 0 heterocycles. The number of hydrogen-bond acceptors (Lipinski definition) is 3. The maximum absolute atomic E-state index is 14.9. The molecule has 0 saturated carbocycles. The molecule has 0 saturated heterocycles. The lowest BCUT2D eigenvalue weighted by molar-refractivity contribution is -0.282. The number of rotatable bonds is 8. The van der Waals surface area contributed by atoms with E-state index < -0.39 is 62.2 Å². The zero-order valence-electron chi connectivity index (χ0n) is 19.1. The molecular formula is C22H22BrF6IN2O3S. The van der Waals surface area contributed by atoms with Gasteiger partial charge in [-0.2, -0.15) is 22.0 Å². The molecule has 5 atom stereocenters. The molecule has 0 bridgehead atoms. The second-order valence-electron chi connectivity index (χ2n) is 8.41. The number of allylic oxidation sites excluding steroid dienone is 2. The lowest BCUT2D eigenvalue weighted by atomic mass is 9.65. The molecule has 2 rings (SSSR count). The van der Waals surface area contributed by atoms with Gasteiger partial charge in [-0.15, -0.1) is 0 Å². The predicted molar refractivity (Wildman–Crippen MR) is 136 cm³/mol. The second kappa shape index (κ2) is 10.8. The average molecular weight is 715 g/mol. The van der Waals surface area contributed by atoms with Crippen LogP contribution in [0.1, 0.15) is 23.6 Å². The van der Waals surface area contributed by atoms with Crippen molar-refractivity contribution in [2.24, 2.45) is 11.7 Å². The topological polar surface area (TPSA) is 89.3 Å². The standard InChI is InChI=1S/C22H22BrF6IN2O3S/c1-11-9-13(20(24,21(23,25)26)22(27,28)29)6-7-14(11)19(18(31)34)8-4-5-15(30)16(19)17(33)32-12(2)10-36(3)35/h4-9,12,16H,10H2,1-3H3,(H2,31,34)(H,32,33)/t12-,16?,19?,20?,36?/m0/s1. The third-order valence-corrected chi connectivity index (χ3v) is 8.24. The largest absolute Gasteiger partial charge is 0.433 e. The monoisotopic (exact) mass is 714 g/mol. The highest BCUT2D eigenvalue weighted by molar-refractivity contribution is 14.1. The van der Waals surface area contributed by atoms with Crippen molar-refractivity contribution in [2.75, 3.05) is 12.0 Å². The summed E-state index contributed by atoms with van der Waals surface area (Å²) in [5.74, 6) is -2.89. The lowest BCUT2D eigenvalue weighted by Crippen LogP contribution is -2.54. The number of carbonyl (C=O) groups is 2. The van der Waals surface area contributed by atoms with Gasteiger partial charge in [-0.3, -0.25) is 13.8 Å². The highest BCUT2D eigenvalue weighted by atomic mass is 127. The Hall–Kier alpha value is -1.42. The lowest BCUT2D eigenvalue weighted by Gasteiger charge is -2.39. The van der Waals surface area contributed by atoms with E-state index >= 15 is 0 Å². The summed E-state index contributed by atoms with van der Waals surface area (Å²) in [5.41, 5.74) is -2.92. The van der Waals surface area contributed by atoms with Crippen LogP contribution in [-0.4, -0.2) is 45.1 Å². The van der Waals surface area contributed by atoms with Crippen molar-refractivity contribution < 1.29 is 40.1 Å². The SMILES string of the molecule is Cc1cc(C(F)(C(F)(F)F)C(F)(F)Br)ccc1C1(C(N)=O)C=CC=C(I)C1C(=O)N[C@@H](C)CS(C)=O. The van der Waals surface area contributed by atoms with Gasteiger partial charge >= 0.3 is 16.7 Å². The Bertz CT molecular complexity index is 1120. The predicted octanol–water partition coefficient (Wildman–Crippen LogP) is 4.82. The van der Waals surface area contributed by atoms with Gasteiger partial charge in [-0.05, 0) is 63.5 Å². The van der Waals surface area contributed by atoms with Crippen LogP contribution in [0.4, 0.5) is 26.3 Å². The molecule has 14 heteroatoms. The fourth-order valence-electron chi connectivity index (χ4n) is 4.19. The van der Waals surface area contributed by atoms with Crippen LogP contribution in [0.15, 0.2) is 40.0 Å². The Morgan fingerprint density at radius 3 is 2.28 bits per heavy atom. The third-order valence-electron chi connectivity index (χ3n) is 5.74. The van der Waals surface area contributed by atoms with Gasteiger partial charge in [0.05, 0.1) is 5.92 Å². The van der Waals surface area contributed by atoms with E-state index in [0.29, 0.717) is 15.7 Å². The number of halogens is 8. The molecule has 0 fully saturated rings. The molecule has 0 aromatic heterocycles. The molecule has 1 aliphatic rings. The van der Waals surface area contributed by atoms with Gasteiger partial charge < -0.3 is 11.1 Å². The van der Waals surface area contributed by atoms with E-state index in [1.54, 1.807) is 6.92 Å². The summed E-state index contributed by atoms with van der Waals surface area (Å²) in [4.78, 5) is 21.2. The van der Waals surface area contributed by atoms with Crippen molar-refractivity contribution in [2.45, 2.75) is 42.0 Å². The van der Waals surface area contributed by atoms with Crippen molar-refractivity contribution in [1.29, 1.82) is 0 Å². The molecule has 0 aliphatic heterocycles. The van der Waals surface area contributed by atoms with Gasteiger partial charge in [0, 0.05) is 38.0 Å². The minimum absolute atomic E-state index is 0.0634. The minimum Gasteiger partial charge on any atom is -0.369 e. The van der Waals surface area contributed by atoms with Crippen LogP contribution < -0.4 is 11.1 Å². The highest BCUT2D eigenvalue weighted by Gasteiger charge is 2.71. The van der Waals surface area contributed by atoms with E-state index in [-0.39, 0.29) is 16.9 Å². The average Bonchev–Trinajstić information content (AvgIpc) is 2.70. The van der Waals surface area contributed by atoms with Crippen LogP contribution in [0, 0.1) is 12.8 Å². The minimum atomic E-state index is -5.99. The molecule has 0 spiro atoms. The van der Waals surface area contributed by atoms with Gasteiger partial charge in [0.1, 0.15) is 5.41 Å². The molecule has 4 unspecified atom stereocenters. The van der Waals surface area contributed by atoms with E-state index in [2.05, 4.69) is 5.32 Å². The Kier molecular flexibility index (Phi) is 9.20. The van der Waals surface area contributed by atoms with E-state index in [4.69, 9.17) is 5.73 Å². The van der Waals surface area contributed by atoms with Gasteiger partial charge in [0.2, 0.25) is 11.8 Å². The van der Waals surface area contributed by atoms with Crippen LogP contribution in [0.5, 0.6) is 0 Å². The zero-order valence-corrected chi connectivity index (χ0v) is 23.6. The number of amides is 2. The van der Waals surface area contributed by atoms with Crippen molar-refractivity contribution in [3.8, 4) is 0 Å². The number of nitrogens with two attached hydrogens (primary N) is 1. The molecule has 200 valence electrons. The molecule has 2 amide bonds. The van der Waals surface area contributed by atoms with Crippen LogP contribution >= 0.6 is 38.5 Å². The second-order valence-corrected chi connectivity index (χ2v) is 12.1. The molecule has 1 aromatic rings. The first-order valence-electron chi connectivity index (χ1n) is 10.2. The quantitative estimate of drug-likeness (QED) is 0.230. The van der Waals surface area contributed by atoms with Crippen LogP contribution in [0.25, 0.3) is 0 Å². The smallest absolute Gasteiger partial charge is 0.369 e. The molecule has 1 aliphatic carbocycles. The Labute approximate surface area is 228 Å². The Morgan fingerprint density at radius 1 is 1.25 bits per heavy atom. The number of primary amides is 1. The van der Waals surface area contributed by atoms with Crippen molar-refractivity contribution in [1.82, 2.24) is 5.32 Å². The maximum Gasteiger partial charge on any atom is 0.433 e. The van der Waals surface area contributed by atoms with Gasteiger partial charge in [0.15, 0.2) is 0 Å². The van der Waals surface area contributed by atoms with E-state index in [9.17, 15) is 40.1 Å². The number of carbonyl (C=O) groups excluding carboxylic acids is 2. The molecule has 0 radical (unpaired) electrons. The van der Waals surface area contributed by atoms with Gasteiger partial charge in [0.25, 0.3) is 0 Å². The first-order chi connectivity index (χ1) is 16.3. The van der Waals surface area contributed by atoms with Crippen LogP contribution in [-0.2, 0) is 31.5 Å². The van der Waals surface area contributed by atoms with Crippen molar-refractivity contribution in [3.63, 3.8) is 0 Å². The number of nitrogens with one attached hydrogen (secondary N) is 1. The van der Waals surface area contributed by atoms with Crippen LogP contribution in [0.3, 0.4) is 0 Å². The summed E-state index contributed by atoms with van der Waals surface area (Å²) in [6, 6.07) is 1.37. The van der Waals surface area contributed by atoms with Crippen LogP contribution in [0.2, 0.25) is 0 Å².